The zero-order chi connectivity index (χ0) is 19.9. The summed E-state index contributed by atoms with van der Waals surface area (Å²) >= 11 is 0. The van der Waals surface area contributed by atoms with E-state index in [2.05, 4.69) is 30.7 Å². The second-order valence-corrected chi connectivity index (χ2v) is 9.81. The molecular formula is C22H35N5O. The molecule has 154 valence electrons. The summed E-state index contributed by atoms with van der Waals surface area (Å²) in [6, 6.07) is 0. The lowest BCUT2D eigenvalue weighted by atomic mass is 9.84. The Kier molecular flexibility index (Phi) is 5.34. The molecule has 1 amide bonds. The summed E-state index contributed by atoms with van der Waals surface area (Å²) in [5.74, 6) is 2.70. The van der Waals surface area contributed by atoms with Crippen molar-refractivity contribution < 1.29 is 4.79 Å². The lowest BCUT2D eigenvalue weighted by Gasteiger charge is -2.41. The van der Waals surface area contributed by atoms with Crippen LogP contribution in [0.3, 0.4) is 0 Å². The summed E-state index contributed by atoms with van der Waals surface area (Å²) in [4.78, 5) is 29.1. The molecule has 1 aromatic heterocycles. The van der Waals surface area contributed by atoms with Gasteiger partial charge in [0, 0.05) is 51.0 Å². The lowest BCUT2D eigenvalue weighted by molar-refractivity contribution is -0.129. The highest BCUT2D eigenvalue weighted by Gasteiger charge is 2.33. The molecule has 0 aliphatic carbocycles. The molecule has 2 fully saturated rings. The number of likely N-dealkylation sites (tertiary alicyclic amines) is 1. The smallest absolute Gasteiger partial charge is 0.219 e. The van der Waals surface area contributed by atoms with E-state index in [-0.39, 0.29) is 5.91 Å². The summed E-state index contributed by atoms with van der Waals surface area (Å²) in [6.45, 7) is 12.1. The normalized spacial score (nSPS) is 25.5. The predicted octanol–water partition coefficient (Wildman–Crippen LogP) is 2.82. The van der Waals surface area contributed by atoms with Gasteiger partial charge >= 0.3 is 0 Å². The molecule has 0 bridgehead atoms. The SMILES string of the molecule is CC(=O)N1CCc2nc([C@@H]3CCCN(C)C3)nc(N3CCCC(C)(C)C3)c2C1. The van der Waals surface area contributed by atoms with Crippen LogP contribution in [0.1, 0.15) is 69.5 Å². The van der Waals surface area contributed by atoms with Gasteiger partial charge in [-0.25, -0.2) is 9.97 Å². The van der Waals surface area contributed by atoms with Gasteiger partial charge in [0.05, 0.1) is 12.2 Å². The highest BCUT2D eigenvalue weighted by atomic mass is 16.2. The van der Waals surface area contributed by atoms with Crippen LogP contribution in [0.5, 0.6) is 0 Å². The van der Waals surface area contributed by atoms with Crippen LogP contribution in [0, 0.1) is 5.41 Å². The number of amides is 1. The quantitative estimate of drug-likeness (QED) is 0.784. The van der Waals surface area contributed by atoms with E-state index in [1.807, 2.05) is 4.90 Å². The minimum atomic E-state index is 0.147. The Morgan fingerprint density at radius 1 is 1.14 bits per heavy atom. The van der Waals surface area contributed by atoms with Crippen molar-refractivity contribution in [2.75, 3.05) is 44.7 Å². The summed E-state index contributed by atoms with van der Waals surface area (Å²) in [7, 11) is 2.20. The molecule has 6 nitrogen and oxygen atoms in total. The molecule has 0 aromatic carbocycles. The van der Waals surface area contributed by atoms with Crippen molar-refractivity contribution in [3.63, 3.8) is 0 Å². The minimum Gasteiger partial charge on any atom is -0.356 e. The van der Waals surface area contributed by atoms with Crippen LogP contribution >= 0.6 is 0 Å². The molecule has 4 heterocycles. The average Bonchev–Trinajstić information content (AvgIpc) is 2.65. The second-order valence-electron chi connectivity index (χ2n) is 9.81. The fourth-order valence-corrected chi connectivity index (χ4v) is 5.11. The number of hydrogen-bond donors (Lipinski definition) is 0. The molecule has 2 saturated heterocycles. The maximum atomic E-state index is 12.0. The molecule has 0 N–H and O–H groups in total. The standard InChI is InChI=1S/C22H35N5O/c1-16(28)26-12-8-19-18(14-26)21(27-11-6-9-22(2,3)15-27)24-20(23-19)17-7-5-10-25(4)13-17/h17H,5-15H2,1-4H3/t17-/m1/s1. The number of carbonyl (C=O) groups excluding carboxylic acids is 1. The Bertz CT molecular complexity index is 747. The minimum absolute atomic E-state index is 0.147. The van der Waals surface area contributed by atoms with Crippen LogP contribution in [0.25, 0.3) is 0 Å². The van der Waals surface area contributed by atoms with Crippen molar-refractivity contribution in [3.8, 4) is 0 Å². The molecule has 3 aliphatic heterocycles. The summed E-state index contributed by atoms with van der Waals surface area (Å²) in [5.41, 5.74) is 2.66. The predicted molar refractivity (Wildman–Crippen MR) is 112 cm³/mol. The fourth-order valence-electron chi connectivity index (χ4n) is 5.11. The summed E-state index contributed by atoms with van der Waals surface area (Å²) in [6.07, 6.45) is 5.69. The molecule has 28 heavy (non-hydrogen) atoms. The summed E-state index contributed by atoms with van der Waals surface area (Å²) in [5, 5.41) is 0. The zero-order valence-corrected chi connectivity index (χ0v) is 18.0. The van der Waals surface area contributed by atoms with Gasteiger partial charge in [0.1, 0.15) is 11.6 Å². The van der Waals surface area contributed by atoms with Gasteiger partial charge in [0.2, 0.25) is 5.91 Å². The van der Waals surface area contributed by atoms with E-state index in [1.54, 1.807) is 6.92 Å². The monoisotopic (exact) mass is 385 g/mol. The lowest BCUT2D eigenvalue weighted by Crippen LogP contribution is -2.43. The Morgan fingerprint density at radius 2 is 1.96 bits per heavy atom. The van der Waals surface area contributed by atoms with E-state index >= 15 is 0 Å². The Labute approximate surface area is 169 Å². The van der Waals surface area contributed by atoms with Crippen molar-refractivity contribution in [1.29, 1.82) is 0 Å². The van der Waals surface area contributed by atoms with E-state index < -0.39 is 0 Å². The van der Waals surface area contributed by atoms with E-state index in [1.165, 1.54) is 43.5 Å². The van der Waals surface area contributed by atoms with Crippen LogP contribution in [0.15, 0.2) is 0 Å². The first-order chi connectivity index (χ1) is 13.3. The number of hydrogen-bond acceptors (Lipinski definition) is 5. The molecule has 6 heteroatoms. The van der Waals surface area contributed by atoms with Crippen molar-refractivity contribution in [1.82, 2.24) is 19.8 Å². The van der Waals surface area contributed by atoms with Gasteiger partial charge in [-0.1, -0.05) is 13.8 Å². The number of fused-ring (bicyclic) bond motifs is 1. The van der Waals surface area contributed by atoms with Gasteiger partial charge in [0.15, 0.2) is 0 Å². The Morgan fingerprint density at radius 3 is 2.68 bits per heavy atom. The Balaban J connectivity index is 1.72. The van der Waals surface area contributed by atoms with E-state index in [4.69, 9.17) is 9.97 Å². The topological polar surface area (TPSA) is 52.6 Å². The first kappa shape index (κ1) is 19.6. The molecule has 0 radical (unpaired) electrons. The highest BCUT2D eigenvalue weighted by molar-refractivity contribution is 5.74. The number of anilines is 1. The fraction of sp³-hybridized carbons (Fsp3) is 0.773. The van der Waals surface area contributed by atoms with Crippen molar-refractivity contribution >= 4 is 11.7 Å². The highest BCUT2D eigenvalue weighted by Crippen LogP contribution is 2.36. The third-order valence-corrected chi connectivity index (χ3v) is 6.69. The van der Waals surface area contributed by atoms with Crippen LogP contribution in [0.4, 0.5) is 5.82 Å². The molecule has 1 aromatic rings. The first-order valence-corrected chi connectivity index (χ1v) is 10.9. The van der Waals surface area contributed by atoms with Crippen LogP contribution < -0.4 is 4.90 Å². The number of carbonyl (C=O) groups is 1. The second kappa shape index (κ2) is 7.62. The van der Waals surface area contributed by atoms with Crippen molar-refractivity contribution in [2.24, 2.45) is 5.41 Å². The number of likely N-dealkylation sites (N-methyl/N-ethyl adjacent to an activating group) is 1. The molecule has 0 saturated carbocycles. The van der Waals surface area contributed by atoms with E-state index in [0.29, 0.717) is 17.9 Å². The van der Waals surface area contributed by atoms with Crippen molar-refractivity contribution in [2.45, 2.75) is 65.3 Å². The van der Waals surface area contributed by atoms with Gasteiger partial charge in [-0.3, -0.25) is 4.79 Å². The van der Waals surface area contributed by atoms with Crippen molar-refractivity contribution in [3.05, 3.63) is 17.1 Å². The number of rotatable bonds is 2. The van der Waals surface area contributed by atoms with E-state index in [0.717, 1.165) is 44.2 Å². The number of piperidine rings is 2. The molecule has 1 atom stereocenters. The maximum Gasteiger partial charge on any atom is 0.219 e. The largest absolute Gasteiger partial charge is 0.356 e. The Hall–Kier alpha value is -1.69. The van der Waals surface area contributed by atoms with Gasteiger partial charge in [-0.15, -0.1) is 0 Å². The van der Waals surface area contributed by atoms with Gasteiger partial charge in [-0.2, -0.15) is 0 Å². The third-order valence-electron chi connectivity index (χ3n) is 6.69. The van der Waals surface area contributed by atoms with Crippen LogP contribution in [0.2, 0.25) is 0 Å². The molecule has 3 aliphatic rings. The number of aromatic nitrogens is 2. The average molecular weight is 386 g/mol. The van der Waals surface area contributed by atoms with Crippen LogP contribution in [-0.4, -0.2) is 65.4 Å². The van der Waals surface area contributed by atoms with Gasteiger partial charge in [0.25, 0.3) is 0 Å². The number of nitrogens with zero attached hydrogens (tertiary/aromatic N) is 5. The van der Waals surface area contributed by atoms with Crippen LogP contribution in [-0.2, 0) is 17.8 Å². The maximum absolute atomic E-state index is 12.0. The molecule has 0 spiro atoms. The summed E-state index contributed by atoms with van der Waals surface area (Å²) < 4.78 is 0. The molecule has 0 unspecified atom stereocenters. The van der Waals surface area contributed by atoms with E-state index in [9.17, 15) is 4.79 Å². The zero-order valence-electron chi connectivity index (χ0n) is 18.0. The molecular weight excluding hydrogens is 350 g/mol. The van der Waals surface area contributed by atoms with Gasteiger partial charge in [-0.05, 0) is 44.7 Å². The van der Waals surface area contributed by atoms with Gasteiger partial charge < -0.3 is 14.7 Å². The molecule has 4 rings (SSSR count). The first-order valence-electron chi connectivity index (χ1n) is 10.9. The third kappa shape index (κ3) is 4.02.